The van der Waals surface area contributed by atoms with E-state index in [1.807, 2.05) is 37.6 Å². The van der Waals surface area contributed by atoms with Gasteiger partial charge < -0.3 is 25.4 Å². The van der Waals surface area contributed by atoms with Crippen LogP contribution in [0.1, 0.15) is 36.7 Å². The molecule has 0 bridgehead atoms. The highest BCUT2D eigenvalue weighted by atomic mass is 16.6. The van der Waals surface area contributed by atoms with Gasteiger partial charge in [0.05, 0.1) is 29.9 Å². The van der Waals surface area contributed by atoms with E-state index in [-0.39, 0.29) is 12.4 Å². The van der Waals surface area contributed by atoms with Crippen molar-refractivity contribution in [2.24, 2.45) is 0 Å². The van der Waals surface area contributed by atoms with Crippen LogP contribution in [0.2, 0.25) is 0 Å². The first-order valence-electron chi connectivity index (χ1n) is 11.7. The Labute approximate surface area is 204 Å². The molecule has 0 spiro atoms. The first-order chi connectivity index (χ1) is 16.7. The van der Waals surface area contributed by atoms with Crippen molar-refractivity contribution in [2.45, 2.75) is 32.9 Å². The lowest BCUT2D eigenvalue weighted by Gasteiger charge is -2.25. The van der Waals surface area contributed by atoms with Crippen LogP contribution in [0.5, 0.6) is 0 Å². The van der Waals surface area contributed by atoms with E-state index < -0.39 is 11.7 Å². The van der Waals surface area contributed by atoms with Crippen LogP contribution >= 0.6 is 0 Å². The van der Waals surface area contributed by atoms with Gasteiger partial charge in [-0.3, -0.25) is 14.5 Å². The number of nitrogens with one attached hydrogen (secondary N) is 2. The third-order valence-electron chi connectivity index (χ3n) is 5.71. The Kier molecular flexibility index (Phi) is 7.04. The van der Waals surface area contributed by atoms with E-state index >= 15 is 0 Å². The number of ketones is 1. The summed E-state index contributed by atoms with van der Waals surface area (Å²) in [6.07, 6.45) is 2.93. The van der Waals surface area contributed by atoms with Gasteiger partial charge in [-0.15, -0.1) is 0 Å². The van der Waals surface area contributed by atoms with E-state index in [0.717, 1.165) is 22.2 Å². The number of rotatable bonds is 9. The third kappa shape index (κ3) is 5.13. The number of carbonyl (C=O) groups is 2. The molecular weight excluding hydrogens is 448 g/mol. The van der Waals surface area contributed by atoms with E-state index in [1.165, 1.54) is 4.90 Å². The van der Waals surface area contributed by atoms with Gasteiger partial charge in [0.2, 0.25) is 0 Å². The Balaban J connectivity index is 1.62. The van der Waals surface area contributed by atoms with Crippen molar-refractivity contribution in [3.8, 4) is 11.3 Å². The Bertz CT molecular complexity index is 1250. The Morgan fingerprint density at radius 2 is 1.97 bits per heavy atom. The van der Waals surface area contributed by atoms with Crippen molar-refractivity contribution >= 4 is 28.5 Å². The second kappa shape index (κ2) is 10.0. The van der Waals surface area contributed by atoms with Gasteiger partial charge in [0.15, 0.2) is 5.78 Å². The number of benzene rings is 1. The molecule has 1 aromatic carbocycles. The van der Waals surface area contributed by atoms with Crippen molar-refractivity contribution in [1.29, 1.82) is 0 Å². The maximum Gasteiger partial charge on any atom is 0.410 e. The maximum atomic E-state index is 13.6. The largest absolute Gasteiger partial charge is 0.444 e. The molecule has 0 atom stereocenters. The number of aliphatic hydroxyl groups excluding tert-OH is 1. The quantitative estimate of drug-likeness (QED) is 0.313. The Morgan fingerprint density at radius 3 is 2.71 bits per heavy atom. The highest BCUT2D eigenvalue weighted by Gasteiger charge is 2.31. The normalized spacial score (nSPS) is 12.5. The summed E-state index contributed by atoms with van der Waals surface area (Å²) in [4.78, 5) is 31.6. The van der Waals surface area contributed by atoms with Crippen LogP contribution in [0.15, 0.2) is 30.6 Å². The molecule has 2 heterocycles. The number of nitrogens with zero attached hydrogens (tertiary/aromatic N) is 4. The number of aromatic nitrogens is 3. The molecule has 3 aromatic rings. The van der Waals surface area contributed by atoms with Crippen LogP contribution < -0.4 is 10.6 Å². The predicted octanol–water partition coefficient (Wildman–Crippen LogP) is 2.50. The van der Waals surface area contributed by atoms with Gasteiger partial charge in [-0.05, 0) is 39.0 Å². The van der Waals surface area contributed by atoms with E-state index in [9.17, 15) is 9.59 Å². The fraction of sp³-hybridized carbons (Fsp3) is 0.440. The molecule has 0 fully saturated rings. The molecule has 1 amide bonds. The number of carbonyl (C=O) groups excluding carboxylic acids is 2. The van der Waals surface area contributed by atoms with Gasteiger partial charge in [-0.2, -0.15) is 5.10 Å². The van der Waals surface area contributed by atoms with Crippen LogP contribution in [0.4, 0.5) is 10.5 Å². The number of likely N-dealkylation sites (N-methyl/N-ethyl adjacent to an activating group) is 1. The van der Waals surface area contributed by atoms with E-state index in [0.29, 0.717) is 49.5 Å². The van der Waals surface area contributed by atoms with Crippen molar-refractivity contribution in [3.63, 3.8) is 0 Å². The second-order valence-electron chi connectivity index (χ2n) is 9.51. The molecule has 186 valence electrons. The highest BCUT2D eigenvalue weighted by Crippen LogP contribution is 2.41. The predicted molar refractivity (Wildman–Crippen MR) is 134 cm³/mol. The lowest BCUT2D eigenvalue weighted by atomic mass is 9.87. The SMILES string of the molecule is CN(CCNc1ccc2nn(CCNCCO)c3c2c1C(=O)c1ccncc1-3)C(=O)OC(C)(C)C. The summed E-state index contributed by atoms with van der Waals surface area (Å²) in [5.41, 5.74) is 3.64. The van der Waals surface area contributed by atoms with Crippen molar-refractivity contribution in [3.05, 3.63) is 41.7 Å². The minimum atomic E-state index is -0.563. The first kappa shape index (κ1) is 24.6. The van der Waals surface area contributed by atoms with Gasteiger partial charge in [0.25, 0.3) is 0 Å². The molecule has 10 heteroatoms. The molecule has 35 heavy (non-hydrogen) atoms. The molecule has 0 saturated carbocycles. The summed E-state index contributed by atoms with van der Waals surface area (Å²) < 4.78 is 7.30. The van der Waals surface area contributed by atoms with Crippen LogP contribution in [0.3, 0.4) is 0 Å². The minimum Gasteiger partial charge on any atom is -0.444 e. The molecule has 0 unspecified atom stereocenters. The Hall–Kier alpha value is -3.50. The number of anilines is 1. The standard InChI is InChI=1S/C25H32N6O4/c1-25(2,3)35-24(34)30(4)12-10-28-18-5-6-19-20-21(18)23(33)16-7-8-27-15-17(16)22(20)31(29-19)13-9-26-11-14-32/h5-8,15,26,28,32H,9-14H2,1-4H3. The van der Waals surface area contributed by atoms with Crippen molar-refractivity contribution in [2.75, 3.05) is 45.2 Å². The maximum absolute atomic E-state index is 13.6. The molecular formula is C25H32N6O4. The number of pyridine rings is 1. The molecule has 4 rings (SSSR count). The molecule has 1 aliphatic carbocycles. The van der Waals surface area contributed by atoms with Crippen LogP contribution in [-0.2, 0) is 11.3 Å². The summed E-state index contributed by atoms with van der Waals surface area (Å²) >= 11 is 0. The topological polar surface area (TPSA) is 122 Å². The summed E-state index contributed by atoms with van der Waals surface area (Å²) in [5, 5.41) is 21.1. The highest BCUT2D eigenvalue weighted by molar-refractivity contribution is 6.27. The molecule has 10 nitrogen and oxygen atoms in total. The Morgan fingerprint density at radius 1 is 1.17 bits per heavy atom. The van der Waals surface area contributed by atoms with Gasteiger partial charge in [0.1, 0.15) is 5.60 Å². The van der Waals surface area contributed by atoms with Gasteiger partial charge >= 0.3 is 6.09 Å². The second-order valence-corrected chi connectivity index (χ2v) is 9.51. The van der Waals surface area contributed by atoms with E-state index in [4.69, 9.17) is 14.9 Å². The number of hydrogen-bond acceptors (Lipinski definition) is 8. The van der Waals surface area contributed by atoms with Crippen LogP contribution in [0.25, 0.3) is 22.2 Å². The zero-order valence-electron chi connectivity index (χ0n) is 20.6. The first-order valence-corrected chi connectivity index (χ1v) is 11.7. The molecule has 3 N–H and O–H groups in total. The van der Waals surface area contributed by atoms with Gasteiger partial charge in [-0.25, -0.2) is 4.79 Å². The monoisotopic (exact) mass is 480 g/mol. The van der Waals surface area contributed by atoms with Gasteiger partial charge in [0, 0.05) is 67.8 Å². The molecule has 0 aliphatic heterocycles. The fourth-order valence-electron chi connectivity index (χ4n) is 4.14. The summed E-state index contributed by atoms with van der Waals surface area (Å²) in [5.74, 6) is -0.0820. The molecule has 2 aromatic heterocycles. The molecule has 0 radical (unpaired) electrons. The zero-order chi connectivity index (χ0) is 25.2. The van der Waals surface area contributed by atoms with Crippen LogP contribution in [0, 0.1) is 0 Å². The third-order valence-corrected chi connectivity index (χ3v) is 5.71. The minimum absolute atomic E-state index is 0.0670. The lowest BCUT2D eigenvalue weighted by Crippen LogP contribution is -2.36. The number of aliphatic hydroxyl groups is 1. The average molecular weight is 481 g/mol. The fourth-order valence-corrected chi connectivity index (χ4v) is 4.14. The number of amides is 1. The smallest absolute Gasteiger partial charge is 0.410 e. The number of ether oxygens (including phenoxy) is 1. The summed E-state index contributed by atoms with van der Waals surface area (Å²) in [6.45, 7) is 8.12. The van der Waals surface area contributed by atoms with Crippen molar-refractivity contribution in [1.82, 2.24) is 25.0 Å². The molecule has 0 saturated heterocycles. The average Bonchev–Trinajstić information content (AvgIpc) is 3.18. The lowest BCUT2D eigenvalue weighted by molar-refractivity contribution is 0.0305. The van der Waals surface area contributed by atoms with Crippen molar-refractivity contribution < 1.29 is 19.4 Å². The van der Waals surface area contributed by atoms with Gasteiger partial charge in [-0.1, -0.05) is 0 Å². The molecule has 1 aliphatic rings. The number of hydrogen-bond donors (Lipinski definition) is 3. The summed E-state index contributed by atoms with van der Waals surface area (Å²) in [7, 11) is 1.68. The van der Waals surface area contributed by atoms with E-state index in [1.54, 1.807) is 25.5 Å². The zero-order valence-corrected chi connectivity index (χ0v) is 20.6. The summed E-state index contributed by atoms with van der Waals surface area (Å²) in [6, 6.07) is 5.50. The number of fused-ring (bicyclic) bond motifs is 2. The van der Waals surface area contributed by atoms with E-state index in [2.05, 4.69) is 15.6 Å². The van der Waals surface area contributed by atoms with Crippen LogP contribution in [-0.4, -0.2) is 82.1 Å².